The Morgan fingerprint density at radius 1 is 1.44 bits per heavy atom. The molecule has 0 aliphatic heterocycles. The Labute approximate surface area is 110 Å². The Morgan fingerprint density at radius 3 is 2.78 bits per heavy atom. The molecule has 0 radical (unpaired) electrons. The molecule has 1 fully saturated rings. The van der Waals surface area contributed by atoms with E-state index in [1.165, 1.54) is 0 Å². The van der Waals surface area contributed by atoms with Crippen molar-refractivity contribution in [3.8, 4) is 0 Å². The van der Waals surface area contributed by atoms with E-state index in [4.69, 9.17) is 0 Å². The Balaban J connectivity index is 1.77. The SMILES string of the molecule is CCC(CC)n1ccc(CCCC(=O)C2CC2)n1. The molecule has 0 amide bonds. The second-order valence-electron chi connectivity index (χ2n) is 5.35. The maximum Gasteiger partial charge on any atom is 0.135 e. The average molecular weight is 248 g/mol. The highest BCUT2D eigenvalue weighted by Gasteiger charge is 2.28. The van der Waals surface area contributed by atoms with Crippen molar-refractivity contribution in [3.05, 3.63) is 18.0 Å². The van der Waals surface area contributed by atoms with Crippen molar-refractivity contribution in [3.63, 3.8) is 0 Å². The lowest BCUT2D eigenvalue weighted by atomic mass is 10.1. The van der Waals surface area contributed by atoms with E-state index in [0.29, 0.717) is 17.7 Å². The zero-order chi connectivity index (χ0) is 13.0. The van der Waals surface area contributed by atoms with E-state index in [2.05, 4.69) is 35.9 Å². The van der Waals surface area contributed by atoms with Crippen molar-refractivity contribution in [2.24, 2.45) is 5.92 Å². The van der Waals surface area contributed by atoms with Gasteiger partial charge in [0.1, 0.15) is 5.78 Å². The maximum atomic E-state index is 11.6. The summed E-state index contributed by atoms with van der Waals surface area (Å²) in [5.41, 5.74) is 1.13. The summed E-state index contributed by atoms with van der Waals surface area (Å²) in [4.78, 5) is 11.6. The predicted octanol–water partition coefficient (Wildman–Crippen LogP) is 3.55. The van der Waals surface area contributed by atoms with Crippen molar-refractivity contribution >= 4 is 5.78 Å². The molecular formula is C15H24N2O. The van der Waals surface area contributed by atoms with Crippen LogP contribution in [-0.4, -0.2) is 15.6 Å². The zero-order valence-electron chi connectivity index (χ0n) is 11.6. The topological polar surface area (TPSA) is 34.9 Å². The fourth-order valence-corrected chi connectivity index (χ4v) is 2.43. The lowest BCUT2D eigenvalue weighted by Crippen LogP contribution is -2.08. The number of carbonyl (C=O) groups is 1. The summed E-state index contributed by atoms with van der Waals surface area (Å²) >= 11 is 0. The van der Waals surface area contributed by atoms with Crippen molar-refractivity contribution in [1.29, 1.82) is 0 Å². The van der Waals surface area contributed by atoms with E-state index in [1.54, 1.807) is 0 Å². The van der Waals surface area contributed by atoms with E-state index in [-0.39, 0.29) is 0 Å². The van der Waals surface area contributed by atoms with E-state index in [0.717, 1.165) is 50.6 Å². The molecule has 0 atom stereocenters. The third-order valence-electron chi connectivity index (χ3n) is 3.87. The number of rotatable bonds is 8. The van der Waals surface area contributed by atoms with Crippen LogP contribution in [-0.2, 0) is 11.2 Å². The highest BCUT2D eigenvalue weighted by atomic mass is 16.1. The molecule has 0 saturated heterocycles. The Bertz CT molecular complexity index is 389. The Hall–Kier alpha value is -1.12. The number of ketones is 1. The van der Waals surface area contributed by atoms with Crippen LogP contribution in [0.1, 0.15) is 64.1 Å². The monoisotopic (exact) mass is 248 g/mol. The number of hydrogen-bond donors (Lipinski definition) is 0. The molecule has 1 saturated carbocycles. The van der Waals surface area contributed by atoms with Gasteiger partial charge < -0.3 is 0 Å². The van der Waals surface area contributed by atoms with Gasteiger partial charge in [0.25, 0.3) is 0 Å². The molecule has 1 aliphatic rings. The molecule has 3 nitrogen and oxygen atoms in total. The molecule has 18 heavy (non-hydrogen) atoms. The van der Waals surface area contributed by atoms with Crippen LogP contribution in [0.25, 0.3) is 0 Å². The number of hydrogen-bond acceptors (Lipinski definition) is 2. The largest absolute Gasteiger partial charge is 0.299 e. The molecule has 0 aromatic carbocycles. The van der Waals surface area contributed by atoms with Crippen molar-refractivity contribution < 1.29 is 4.79 Å². The Kier molecular flexibility index (Phi) is 4.56. The number of aryl methyl sites for hydroxylation is 1. The molecule has 1 aromatic heterocycles. The second-order valence-corrected chi connectivity index (χ2v) is 5.35. The van der Waals surface area contributed by atoms with Gasteiger partial charge in [-0.1, -0.05) is 13.8 Å². The van der Waals surface area contributed by atoms with Crippen LogP contribution >= 0.6 is 0 Å². The summed E-state index contributed by atoms with van der Waals surface area (Å²) in [5.74, 6) is 0.876. The van der Waals surface area contributed by atoms with Gasteiger partial charge in [0.2, 0.25) is 0 Å². The molecule has 0 spiro atoms. The minimum absolute atomic E-state index is 0.409. The van der Waals surface area contributed by atoms with Crippen LogP contribution in [0.3, 0.4) is 0 Å². The average Bonchev–Trinajstić information content (AvgIpc) is 3.13. The number of aromatic nitrogens is 2. The number of carbonyl (C=O) groups excluding carboxylic acids is 1. The van der Waals surface area contributed by atoms with Crippen molar-refractivity contribution in [2.45, 2.75) is 64.8 Å². The fourth-order valence-electron chi connectivity index (χ4n) is 2.43. The third kappa shape index (κ3) is 3.44. The lowest BCUT2D eigenvalue weighted by Gasteiger charge is -2.12. The smallest absolute Gasteiger partial charge is 0.135 e. The first-order chi connectivity index (χ1) is 8.74. The van der Waals surface area contributed by atoms with Gasteiger partial charge in [-0.15, -0.1) is 0 Å². The normalized spacial score (nSPS) is 15.3. The summed E-state index contributed by atoms with van der Waals surface area (Å²) in [7, 11) is 0. The molecule has 1 aromatic rings. The quantitative estimate of drug-likeness (QED) is 0.705. The van der Waals surface area contributed by atoms with Crippen LogP contribution in [0.5, 0.6) is 0 Å². The highest BCUT2D eigenvalue weighted by Crippen LogP contribution is 2.31. The summed E-state index contributed by atoms with van der Waals surface area (Å²) in [5, 5.41) is 4.61. The predicted molar refractivity (Wildman–Crippen MR) is 72.5 cm³/mol. The van der Waals surface area contributed by atoms with E-state index >= 15 is 0 Å². The lowest BCUT2D eigenvalue weighted by molar-refractivity contribution is -0.120. The first-order valence-electron chi connectivity index (χ1n) is 7.31. The van der Waals surface area contributed by atoms with Gasteiger partial charge in [0, 0.05) is 18.5 Å². The van der Waals surface area contributed by atoms with Crippen LogP contribution in [0.15, 0.2) is 12.3 Å². The first-order valence-corrected chi connectivity index (χ1v) is 7.31. The molecule has 1 aliphatic carbocycles. The second kappa shape index (κ2) is 6.17. The van der Waals surface area contributed by atoms with Gasteiger partial charge in [0.15, 0.2) is 0 Å². The molecule has 2 rings (SSSR count). The number of nitrogens with zero attached hydrogens (tertiary/aromatic N) is 2. The van der Waals surface area contributed by atoms with Gasteiger partial charge >= 0.3 is 0 Å². The van der Waals surface area contributed by atoms with Crippen molar-refractivity contribution in [1.82, 2.24) is 9.78 Å². The summed E-state index contributed by atoms with van der Waals surface area (Å²) in [6.07, 6.45) is 9.21. The van der Waals surface area contributed by atoms with Gasteiger partial charge in [-0.25, -0.2) is 0 Å². The van der Waals surface area contributed by atoms with E-state index in [1.807, 2.05) is 0 Å². The molecule has 0 bridgehead atoms. The van der Waals surface area contributed by atoms with Crippen LogP contribution < -0.4 is 0 Å². The van der Waals surface area contributed by atoms with Gasteiger partial charge in [-0.2, -0.15) is 5.10 Å². The molecule has 0 N–H and O–H groups in total. The minimum Gasteiger partial charge on any atom is -0.299 e. The van der Waals surface area contributed by atoms with Crippen LogP contribution in [0.2, 0.25) is 0 Å². The Morgan fingerprint density at radius 2 is 2.17 bits per heavy atom. The van der Waals surface area contributed by atoms with E-state index < -0.39 is 0 Å². The maximum absolute atomic E-state index is 11.6. The third-order valence-corrected chi connectivity index (χ3v) is 3.87. The summed E-state index contributed by atoms with van der Waals surface area (Å²) < 4.78 is 2.08. The van der Waals surface area contributed by atoms with Gasteiger partial charge in [-0.3, -0.25) is 9.48 Å². The minimum atomic E-state index is 0.409. The van der Waals surface area contributed by atoms with Crippen LogP contribution in [0, 0.1) is 5.92 Å². The van der Waals surface area contributed by atoms with E-state index in [9.17, 15) is 4.79 Å². The molecule has 3 heteroatoms. The van der Waals surface area contributed by atoms with Gasteiger partial charge in [-0.05, 0) is 44.6 Å². The summed E-state index contributed by atoms with van der Waals surface area (Å²) in [6, 6.07) is 2.62. The van der Waals surface area contributed by atoms with Crippen LogP contribution in [0.4, 0.5) is 0 Å². The standard InChI is InChI=1S/C15H24N2O/c1-3-14(4-2)17-11-10-13(16-17)6-5-7-15(18)12-8-9-12/h10-12,14H,3-9H2,1-2H3. The fraction of sp³-hybridized carbons (Fsp3) is 0.733. The van der Waals surface area contributed by atoms with Crippen molar-refractivity contribution in [2.75, 3.05) is 0 Å². The zero-order valence-corrected chi connectivity index (χ0v) is 11.6. The molecular weight excluding hydrogens is 224 g/mol. The molecule has 1 heterocycles. The molecule has 100 valence electrons. The first kappa shape index (κ1) is 13.3. The number of Topliss-reactive ketones (excluding diaryl/α,β-unsaturated/α-hetero) is 1. The van der Waals surface area contributed by atoms with Gasteiger partial charge in [0.05, 0.1) is 11.7 Å². The highest BCUT2D eigenvalue weighted by molar-refractivity contribution is 5.83. The summed E-state index contributed by atoms with van der Waals surface area (Å²) in [6.45, 7) is 4.40. The molecule has 0 unspecified atom stereocenters.